The quantitative estimate of drug-likeness (QED) is 0.844. The van der Waals surface area contributed by atoms with Crippen LogP contribution in [0.15, 0.2) is 30.3 Å². The van der Waals surface area contributed by atoms with Gasteiger partial charge >= 0.3 is 0 Å². The van der Waals surface area contributed by atoms with Crippen LogP contribution < -0.4 is 5.32 Å². The maximum absolute atomic E-state index is 6.22. The Kier molecular flexibility index (Phi) is 3.62. The minimum absolute atomic E-state index is 0.177. The summed E-state index contributed by atoms with van der Waals surface area (Å²) in [6.45, 7) is 6.47. The molecule has 0 bridgehead atoms. The van der Waals surface area contributed by atoms with Crippen LogP contribution in [0.25, 0.3) is 0 Å². The molecule has 2 heteroatoms. The minimum atomic E-state index is -0.177. The molecule has 1 saturated heterocycles. The van der Waals surface area contributed by atoms with E-state index in [1.807, 2.05) is 6.07 Å². The molecule has 88 valence electrons. The van der Waals surface area contributed by atoms with Crippen LogP contribution in [0.1, 0.15) is 32.3 Å². The van der Waals surface area contributed by atoms with E-state index in [0.717, 1.165) is 25.9 Å². The third-order valence-corrected chi connectivity index (χ3v) is 3.22. The molecule has 0 aliphatic carbocycles. The van der Waals surface area contributed by atoms with Crippen LogP contribution in [0.3, 0.4) is 0 Å². The van der Waals surface area contributed by atoms with Crippen LogP contribution in [-0.2, 0) is 10.3 Å². The Labute approximate surface area is 98.0 Å². The number of hydrogen-bond acceptors (Lipinski definition) is 2. The lowest BCUT2D eigenvalue weighted by Gasteiger charge is -2.33. The van der Waals surface area contributed by atoms with E-state index in [1.165, 1.54) is 5.56 Å². The standard InChI is InChI=1S/C14H21NO/c1-14(2,12-6-4-3-5-7-12)16-13-8-10-15-11-9-13/h3-7,13,15H,8-11H2,1-2H3. The predicted octanol–water partition coefficient (Wildman–Crippen LogP) is 2.69. The normalized spacial score (nSPS) is 18.6. The average molecular weight is 219 g/mol. The van der Waals surface area contributed by atoms with Gasteiger partial charge in [-0.2, -0.15) is 0 Å². The smallest absolute Gasteiger partial charge is 0.0879 e. The molecule has 0 saturated carbocycles. The molecular weight excluding hydrogens is 198 g/mol. The summed E-state index contributed by atoms with van der Waals surface area (Å²) in [5.41, 5.74) is 1.08. The summed E-state index contributed by atoms with van der Waals surface area (Å²) in [6, 6.07) is 10.5. The molecule has 0 unspecified atom stereocenters. The van der Waals surface area contributed by atoms with E-state index in [0.29, 0.717) is 6.10 Å². The number of benzene rings is 1. The van der Waals surface area contributed by atoms with Gasteiger partial charge in [-0.15, -0.1) is 0 Å². The SMILES string of the molecule is CC(C)(OC1CCNCC1)c1ccccc1. The van der Waals surface area contributed by atoms with Crippen LogP contribution in [0.2, 0.25) is 0 Å². The molecule has 1 N–H and O–H groups in total. The summed E-state index contributed by atoms with van der Waals surface area (Å²) in [6.07, 6.45) is 2.64. The van der Waals surface area contributed by atoms with Crippen LogP contribution in [0.4, 0.5) is 0 Å². The number of ether oxygens (including phenoxy) is 1. The van der Waals surface area contributed by atoms with Gasteiger partial charge < -0.3 is 10.1 Å². The number of nitrogens with one attached hydrogen (secondary N) is 1. The lowest BCUT2D eigenvalue weighted by Crippen LogP contribution is -2.37. The van der Waals surface area contributed by atoms with Gasteiger partial charge in [-0.3, -0.25) is 0 Å². The molecule has 16 heavy (non-hydrogen) atoms. The van der Waals surface area contributed by atoms with E-state index >= 15 is 0 Å². The largest absolute Gasteiger partial charge is 0.368 e. The third-order valence-electron chi connectivity index (χ3n) is 3.22. The van der Waals surface area contributed by atoms with Gasteiger partial charge in [-0.05, 0) is 45.3 Å². The fourth-order valence-electron chi connectivity index (χ4n) is 2.24. The summed E-state index contributed by atoms with van der Waals surface area (Å²) in [5.74, 6) is 0. The predicted molar refractivity (Wildman–Crippen MR) is 66.4 cm³/mol. The molecular formula is C14H21NO. The van der Waals surface area contributed by atoms with Crippen molar-refractivity contribution < 1.29 is 4.74 Å². The second kappa shape index (κ2) is 4.98. The summed E-state index contributed by atoms with van der Waals surface area (Å²) < 4.78 is 6.22. The number of hydrogen-bond donors (Lipinski definition) is 1. The summed E-state index contributed by atoms with van der Waals surface area (Å²) in [4.78, 5) is 0. The summed E-state index contributed by atoms with van der Waals surface area (Å²) >= 11 is 0. The van der Waals surface area contributed by atoms with Crippen LogP contribution >= 0.6 is 0 Å². The van der Waals surface area contributed by atoms with Gasteiger partial charge in [0.25, 0.3) is 0 Å². The van der Waals surface area contributed by atoms with Gasteiger partial charge in [0.2, 0.25) is 0 Å². The second-order valence-electron chi connectivity index (χ2n) is 4.94. The molecule has 1 aromatic carbocycles. The highest BCUT2D eigenvalue weighted by Crippen LogP contribution is 2.28. The molecule has 2 rings (SSSR count). The molecule has 0 atom stereocenters. The number of piperidine rings is 1. The molecule has 1 fully saturated rings. The highest BCUT2D eigenvalue weighted by molar-refractivity contribution is 5.20. The Morgan fingerprint density at radius 2 is 1.75 bits per heavy atom. The monoisotopic (exact) mass is 219 g/mol. The van der Waals surface area contributed by atoms with Crippen molar-refractivity contribution in [3.63, 3.8) is 0 Å². The van der Waals surface area contributed by atoms with Gasteiger partial charge in [0.15, 0.2) is 0 Å². The fraction of sp³-hybridized carbons (Fsp3) is 0.571. The lowest BCUT2D eigenvalue weighted by atomic mass is 9.97. The topological polar surface area (TPSA) is 21.3 Å². The van der Waals surface area contributed by atoms with Gasteiger partial charge in [-0.25, -0.2) is 0 Å². The van der Waals surface area contributed by atoms with E-state index in [1.54, 1.807) is 0 Å². The zero-order valence-electron chi connectivity index (χ0n) is 10.2. The lowest BCUT2D eigenvalue weighted by molar-refractivity contribution is -0.0863. The van der Waals surface area contributed by atoms with Gasteiger partial charge in [0.1, 0.15) is 0 Å². The zero-order valence-corrected chi connectivity index (χ0v) is 10.2. The Balaban J connectivity index is 2.01. The van der Waals surface area contributed by atoms with Crippen molar-refractivity contribution in [1.29, 1.82) is 0 Å². The Bertz CT molecular complexity index is 315. The first-order chi connectivity index (χ1) is 7.68. The van der Waals surface area contributed by atoms with Gasteiger partial charge in [0.05, 0.1) is 11.7 Å². The molecule has 1 aromatic rings. The fourth-order valence-corrected chi connectivity index (χ4v) is 2.24. The van der Waals surface area contributed by atoms with Crippen molar-refractivity contribution in [3.8, 4) is 0 Å². The first-order valence-electron chi connectivity index (χ1n) is 6.12. The van der Waals surface area contributed by atoms with Gasteiger partial charge in [-0.1, -0.05) is 30.3 Å². The first kappa shape index (κ1) is 11.6. The average Bonchev–Trinajstić information content (AvgIpc) is 2.31. The first-order valence-corrected chi connectivity index (χ1v) is 6.12. The molecule has 2 nitrogen and oxygen atoms in total. The van der Waals surface area contributed by atoms with E-state index in [2.05, 4.69) is 43.4 Å². The highest BCUT2D eigenvalue weighted by atomic mass is 16.5. The minimum Gasteiger partial charge on any atom is -0.368 e. The zero-order chi connectivity index (χ0) is 11.4. The van der Waals surface area contributed by atoms with Crippen molar-refractivity contribution in [2.75, 3.05) is 13.1 Å². The molecule has 0 radical (unpaired) electrons. The molecule has 0 amide bonds. The Hall–Kier alpha value is -0.860. The maximum Gasteiger partial charge on any atom is 0.0879 e. The van der Waals surface area contributed by atoms with Crippen molar-refractivity contribution >= 4 is 0 Å². The van der Waals surface area contributed by atoms with E-state index in [-0.39, 0.29) is 5.60 Å². The maximum atomic E-state index is 6.22. The molecule has 0 spiro atoms. The summed E-state index contributed by atoms with van der Waals surface area (Å²) in [7, 11) is 0. The van der Waals surface area contributed by atoms with E-state index in [4.69, 9.17) is 4.74 Å². The molecule has 1 heterocycles. The van der Waals surface area contributed by atoms with Crippen molar-refractivity contribution in [2.24, 2.45) is 0 Å². The number of rotatable bonds is 3. The van der Waals surface area contributed by atoms with Crippen molar-refractivity contribution in [2.45, 2.75) is 38.4 Å². The van der Waals surface area contributed by atoms with Gasteiger partial charge in [0, 0.05) is 0 Å². The van der Waals surface area contributed by atoms with E-state index < -0.39 is 0 Å². The van der Waals surface area contributed by atoms with Crippen LogP contribution in [-0.4, -0.2) is 19.2 Å². The van der Waals surface area contributed by atoms with E-state index in [9.17, 15) is 0 Å². The third kappa shape index (κ3) is 2.83. The van der Waals surface area contributed by atoms with Crippen molar-refractivity contribution in [3.05, 3.63) is 35.9 Å². The van der Waals surface area contributed by atoms with Crippen LogP contribution in [0, 0.1) is 0 Å². The Morgan fingerprint density at radius 1 is 1.12 bits per heavy atom. The molecule has 1 aliphatic heterocycles. The van der Waals surface area contributed by atoms with Crippen molar-refractivity contribution in [1.82, 2.24) is 5.32 Å². The molecule has 1 aliphatic rings. The highest BCUT2D eigenvalue weighted by Gasteiger charge is 2.26. The summed E-state index contributed by atoms with van der Waals surface area (Å²) in [5, 5.41) is 3.36. The van der Waals surface area contributed by atoms with Crippen LogP contribution in [0.5, 0.6) is 0 Å². The Morgan fingerprint density at radius 3 is 2.38 bits per heavy atom. The second-order valence-corrected chi connectivity index (χ2v) is 4.94. The molecule has 0 aromatic heterocycles.